The van der Waals surface area contributed by atoms with Crippen molar-refractivity contribution in [3.8, 4) is 0 Å². The van der Waals surface area contributed by atoms with Crippen LogP contribution < -0.4 is 5.56 Å². The van der Waals surface area contributed by atoms with E-state index in [4.69, 9.17) is 16.6 Å². The summed E-state index contributed by atoms with van der Waals surface area (Å²) in [6.07, 6.45) is 1.81. The quantitative estimate of drug-likeness (QED) is 0.378. The van der Waals surface area contributed by atoms with Gasteiger partial charge in [0.25, 0.3) is 11.5 Å². The van der Waals surface area contributed by atoms with Gasteiger partial charge in [0.05, 0.1) is 16.9 Å². The Kier molecular flexibility index (Phi) is 6.28. The Morgan fingerprint density at radius 1 is 1.09 bits per heavy atom. The minimum absolute atomic E-state index is 0.0618. The smallest absolute Gasteiger partial charge is 0.261 e. The molecule has 4 rings (SSSR count). The summed E-state index contributed by atoms with van der Waals surface area (Å²) >= 11 is 6.08. The van der Waals surface area contributed by atoms with Crippen LogP contribution in [0, 0.1) is 0 Å². The van der Waals surface area contributed by atoms with Crippen molar-refractivity contribution in [3.05, 3.63) is 87.4 Å². The molecule has 0 bridgehead atoms. The van der Waals surface area contributed by atoms with E-state index in [1.54, 1.807) is 25.2 Å². The molecule has 4 aromatic rings. The highest BCUT2D eigenvalue weighted by Gasteiger charge is 2.27. The maximum Gasteiger partial charge on any atom is 0.261 e. The van der Waals surface area contributed by atoms with Crippen LogP contribution >= 0.6 is 11.6 Å². The van der Waals surface area contributed by atoms with Crippen LogP contribution in [-0.4, -0.2) is 26.9 Å². The lowest BCUT2D eigenvalue weighted by atomic mass is 10.0. The van der Waals surface area contributed by atoms with Gasteiger partial charge in [0.1, 0.15) is 5.82 Å². The maximum atomic E-state index is 13.8. The van der Waals surface area contributed by atoms with Gasteiger partial charge in [-0.15, -0.1) is 0 Å². The molecule has 1 heterocycles. The first-order valence-corrected chi connectivity index (χ1v) is 11.2. The van der Waals surface area contributed by atoms with Crippen LogP contribution in [0.15, 0.2) is 65.5 Å². The second-order valence-corrected chi connectivity index (χ2v) is 8.49. The summed E-state index contributed by atoms with van der Waals surface area (Å²) < 4.78 is 1.53. The first-order chi connectivity index (χ1) is 15.4. The molecule has 0 aliphatic carbocycles. The third-order valence-electron chi connectivity index (χ3n) is 5.95. The molecule has 0 saturated heterocycles. The Hall–Kier alpha value is -3.18. The number of hydrogen-bond acceptors (Lipinski definition) is 3. The summed E-state index contributed by atoms with van der Waals surface area (Å²) in [7, 11) is 1.70. The fourth-order valence-electron chi connectivity index (χ4n) is 4.14. The Bertz CT molecular complexity index is 1360. The summed E-state index contributed by atoms with van der Waals surface area (Å²) in [6.45, 7) is 4.61. The van der Waals surface area contributed by atoms with Gasteiger partial charge < -0.3 is 4.90 Å². The van der Waals surface area contributed by atoms with Gasteiger partial charge >= 0.3 is 0 Å². The van der Waals surface area contributed by atoms with E-state index in [0.717, 1.165) is 23.6 Å². The first-order valence-electron chi connectivity index (χ1n) is 10.9. The fraction of sp³-hybridized carbons (Fsp3) is 0.269. The van der Waals surface area contributed by atoms with Crippen molar-refractivity contribution in [3.63, 3.8) is 0 Å². The molecule has 5 nitrogen and oxygen atoms in total. The van der Waals surface area contributed by atoms with Crippen LogP contribution in [0.25, 0.3) is 21.7 Å². The molecule has 1 unspecified atom stereocenters. The van der Waals surface area contributed by atoms with Crippen LogP contribution in [0.2, 0.25) is 5.02 Å². The number of unbranched alkanes of at least 4 members (excludes halogenated alkanes) is 1. The summed E-state index contributed by atoms with van der Waals surface area (Å²) in [5.41, 5.74) is 1.06. The van der Waals surface area contributed by atoms with Gasteiger partial charge in [0.15, 0.2) is 0 Å². The van der Waals surface area contributed by atoms with E-state index in [1.165, 1.54) is 4.57 Å². The van der Waals surface area contributed by atoms with Crippen LogP contribution in [-0.2, 0) is 7.05 Å². The number of aromatic nitrogens is 2. The number of carbonyl (C=O) groups is 1. The van der Waals surface area contributed by atoms with Crippen LogP contribution in [0.5, 0.6) is 0 Å². The molecule has 32 heavy (non-hydrogen) atoms. The molecule has 0 radical (unpaired) electrons. The number of rotatable bonds is 6. The minimum atomic E-state index is -0.384. The van der Waals surface area contributed by atoms with E-state index in [2.05, 4.69) is 6.92 Å². The molecule has 1 atom stereocenters. The van der Waals surface area contributed by atoms with E-state index in [0.29, 0.717) is 33.9 Å². The second kappa shape index (κ2) is 9.13. The molecule has 164 valence electrons. The van der Waals surface area contributed by atoms with Gasteiger partial charge in [-0.05, 0) is 48.4 Å². The lowest BCUT2D eigenvalue weighted by molar-refractivity contribution is 0.0679. The van der Waals surface area contributed by atoms with Crippen LogP contribution in [0.1, 0.15) is 48.9 Å². The zero-order valence-electron chi connectivity index (χ0n) is 18.5. The molecule has 0 spiro atoms. The SMILES string of the molecule is CCCCN(C(=O)c1cccc2ccccc12)C(C)c1nc2ccc(Cl)cc2c(=O)n1C. The third kappa shape index (κ3) is 4.00. The summed E-state index contributed by atoms with van der Waals surface area (Å²) in [5.74, 6) is 0.489. The fourth-order valence-corrected chi connectivity index (χ4v) is 4.31. The molecule has 0 N–H and O–H groups in total. The number of nitrogens with zero attached hydrogens (tertiary/aromatic N) is 3. The Morgan fingerprint density at radius 2 is 1.84 bits per heavy atom. The van der Waals surface area contributed by atoms with E-state index < -0.39 is 0 Å². The average molecular weight is 448 g/mol. The second-order valence-electron chi connectivity index (χ2n) is 8.05. The van der Waals surface area contributed by atoms with Crippen molar-refractivity contribution >= 4 is 39.2 Å². The van der Waals surface area contributed by atoms with Crippen molar-refractivity contribution in [2.75, 3.05) is 6.54 Å². The highest BCUT2D eigenvalue weighted by Crippen LogP contribution is 2.26. The Morgan fingerprint density at radius 3 is 2.62 bits per heavy atom. The van der Waals surface area contributed by atoms with E-state index in [9.17, 15) is 9.59 Å². The standard InChI is InChI=1S/C26H26ClN3O2/c1-4-5-15-30(26(32)21-12-8-10-18-9-6-7-11-20(18)21)17(2)24-28-23-14-13-19(27)16-22(23)25(31)29(24)3/h6-14,16-17H,4-5,15H2,1-3H3. The number of benzene rings is 3. The van der Waals surface area contributed by atoms with Crippen LogP contribution in [0.4, 0.5) is 0 Å². The number of carbonyl (C=O) groups excluding carboxylic acids is 1. The topological polar surface area (TPSA) is 55.2 Å². The monoisotopic (exact) mass is 447 g/mol. The van der Waals surface area contributed by atoms with Crippen molar-refractivity contribution in [1.82, 2.24) is 14.5 Å². The van der Waals surface area contributed by atoms with E-state index >= 15 is 0 Å². The van der Waals surface area contributed by atoms with Crippen molar-refractivity contribution in [2.45, 2.75) is 32.7 Å². The summed E-state index contributed by atoms with van der Waals surface area (Å²) in [6, 6.07) is 18.4. The number of fused-ring (bicyclic) bond motifs is 2. The largest absolute Gasteiger partial charge is 0.329 e. The highest BCUT2D eigenvalue weighted by molar-refractivity contribution is 6.31. The van der Waals surface area contributed by atoms with Crippen molar-refractivity contribution in [1.29, 1.82) is 0 Å². The molecule has 0 fully saturated rings. The normalized spacial score (nSPS) is 12.2. The molecule has 6 heteroatoms. The molecular weight excluding hydrogens is 422 g/mol. The zero-order chi connectivity index (χ0) is 22.8. The molecule has 1 aromatic heterocycles. The molecule has 0 aliphatic rings. The Labute approximate surface area is 192 Å². The minimum Gasteiger partial charge on any atom is -0.329 e. The number of halogens is 1. The first kappa shape index (κ1) is 22.0. The predicted octanol–water partition coefficient (Wildman–Crippen LogP) is 5.74. The van der Waals surface area contributed by atoms with Crippen molar-refractivity contribution in [2.24, 2.45) is 7.05 Å². The van der Waals surface area contributed by atoms with E-state index in [-0.39, 0.29) is 17.5 Å². The molecule has 3 aromatic carbocycles. The maximum absolute atomic E-state index is 13.8. The number of amides is 1. The Balaban J connectivity index is 1.81. The lowest BCUT2D eigenvalue weighted by Crippen LogP contribution is -2.38. The predicted molar refractivity (Wildman–Crippen MR) is 130 cm³/mol. The summed E-state index contributed by atoms with van der Waals surface area (Å²) in [4.78, 5) is 33.4. The number of hydrogen-bond donors (Lipinski definition) is 0. The van der Waals surface area contributed by atoms with Crippen LogP contribution in [0.3, 0.4) is 0 Å². The summed E-state index contributed by atoms with van der Waals surface area (Å²) in [5, 5.41) is 2.91. The van der Waals surface area contributed by atoms with Gasteiger partial charge in [0, 0.05) is 24.2 Å². The van der Waals surface area contributed by atoms with Gasteiger partial charge in [0.2, 0.25) is 0 Å². The van der Waals surface area contributed by atoms with E-state index in [1.807, 2.05) is 54.3 Å². The van der Waals surface area contributed by atoms with Gasteiger partial charge in [-0.3, -0.25) is 14.2 Å². The lowest BCUT2D eigenvalue weighted by Gasteiger charge is -2.30. The van der Waals surface area contributed by atoms with Gasteiger partial charge in [-0.25, -0.2) is 4.98 Å². The van der Waals surface area contributed by atoms with Gasteiger partial charge in [-0.2, -0.15) is 0 Å². The molecule has 0 aliphatic heterocycles. The van der Waals surface area contributed by atoms with Gasteiger partial charge in [-0.1, -0.05) is 61.3 Å². The highest BCUT2D eigenvalue weighted by atomic mass is 35.5. The average Bonchev–Trinajstić information content (AvgIpc) is 2.81. The zero-order valence-corrected chi connectivity index (χ0v) is 19.3. The molecular formula is C26H26ClN3O2. The third-order valence-corrected chi connectivity index (χ3v) is 6.18. The molecule has 1 amide bonds. The van der Waals surface area contributed by atoms with Crippen molar-refractivity contribution < 1.29 is 4.79 Å². The molecule has 0 saturated carbocycles.